The van der Waals surface area contributed by atoms with Gasteiger partial charge in [-0.1, -0.05) is 0 Å². The first-order valence-electron chi connectivity index (χ1n) is 12.5. The molecule has 12 heteroatoms. The van der Waals surface area contributed by atoms with E-state index in [4.69, 9.17) is 9.47 Å². The minimum absolute atomic E-state index is 0.302. The number of anilines is 1. The minimum atomic E-state index is -1.13. The van der Waals surface area contributed by atoms with Crippen LogP contribution >= 0.6 is 11.3 Å². The first-order chi connectivity index (χ1) is 18.0. The lowest BCUT2D eigenvalue weighted by atomic mass is 10.2. The number of pyridine rings is 1. The summed E-state index contributed by atoms with van der Waals surface area (Å²) in [6.07, 6.45) is -0.253. The van der Waals surface area contributed by atoms with Crippen LogP contribution in [0.4, 0.5) is 14.6 Å². The SMILES string of the molecule is CC(CN(C)c1cc2c(cc(-c3nn(C(=O)OC(C)(C)C)c4ncccc34)n2C(=O)O)s1)N1CCOCC1. The average Bonchev–Trinajstić information content (AvgIpc) is 3.54. The topological polar surface area (TPSA) is 115 Å². The fourth-order valence-corrected chi connectivity index (χ4v) is 5.79. The Hall–Kier alpha value is -3.48. The van der Waals surface area contributed by atoms with E-state index in [2.05, 4.69) is 26.8 Å². The van der Waals surface area contributed by atoms with Crippen molar-refractivity contribution in [1.29, 1.82) is 0 Å². The summed E-state index contributed by atoms with van der Waals surface area (Å²) in [5.74, 6) is 0. The summed E-state index contributed by atoms with van der Waals surface area (Å²) in [6, 6.07) is 7.54. The molecule has 0 aliphatic carbocycles. The van der Waals surface area contributed by atoms with E-state index in [1.54, 1.807) is 39.1 Å². The molecule has 11 nitrogen and oxygen atoms in total. The van der Waals surface area contributed by atoms with Crippen LogP contribution < -0.4 is 4.90 Å². The monoisotopic (exact) mass is 540 g/mol. The van der Waals surface area contributed by atoms with Gasteiger partial charge in [0.2, 0.25) is 0 Å². The molecule has 0 radical (unpaired) electrons. The molecule has 1 N–H and O–H groups in total. The number of morpholine rings is 1. The van der Waals surface area contributed by atoms with Crippen molar-refractivity contribution in [1.82, 2.24) is 24.2 Å². The van der Waals surface area contributed by atoms with Gasteiger partial charge in [-0.25, -0.2) is 19.1 Å². The maximum Gasteiger partial charge on any atom is 0.437 e. The zero-order valence-corrected chi connectivity index (χ0v) is 23.0. The maximum atomic E-state index is 12.9. The van der Waals surface area contributed by atoms with E-state index in [1.807, 2.05) is 19.2 Å². The van der Waals surface area contributed by atoms with Crippen molar-refractivity contribution < 1.29 is 24.2 Å². The number of nitrogens with zero attached hydrogens (tertiary/aromatic N) is 6. The number of aromatic nitrogens is 4. The molecule has 1 fully saturated rings. The van der Waals surface area contributed by atoms with Crippen molar-refractivity contribution >= 4 is 49.8 Å². The third kappa shape index (κ3) is 4.98. The smallest absolute Gasteiger partial charge is 0.437 e. The zero-order chi connectivity index (χ0) is 27.2. The van der Waals surface area contributed by atoms with Crippen LogP contribution in [-0.2, 0) is 9.47 Å². The van der Waals surface area contributed by atoms with Gasteiger partial charge in [-0.2, -0.15) is 5.10 Å². The summed E-state index contributed by atoms with van der Waals surface area (Å²) < 4.78 is 14.1. The van der Waals surface area contributed by atoms with Crippen LogP contribution in [0, 0.1) is 0 Å². The summed E-state index contributed by atoms with van der Waals surface area (Å²) >= 11 is 1.52. The second kappa shape index (κ2) is 10.0. The number of hydrogen-bond donors (Lipinski definition) is 1. The molecule has 4 aromatic heterocycles. The highest BCUT2D eigenvalue weighted by Crippen LogP contribution is 2.39. The van der Waals surface area contributed by atoms with Gasteiger partial charge in [0, 0.05) is 44.3 Å². The van der Waals surface area contributed by atoms with Gasteiger partial charge in [-0.05, 0) is 52.0 Å². The van der Waals surface area contributed by atoms with Gasteiger partial charge in [0.15, 0.2) is 5.65 Å². The van der Waals surface area contributed by atoms with Gasteiger partial charge in [-0.3, -0.25) is 4.90 Å². The van der Waals surface area contributed by atoms with Crippen LogP contribution in [0.3, 0.4) is 0 Å². The number of thiophene rings is 1. The van der Waals surface area contributed by atoms with E-state index in [-0.39, 0.29) is 0 Å². The average molecular weight is 541 g/mol. The molecule has 0 amide bonds. The molecule has 1 atom stereocenters. The van der Waals surface area contributed by atoms with E-state index in [0.717, 1.165) is 47.2 Å². The Morgan fingerprint density at radius 3 is 2.68 bits per heavy atom. The van der Waals surface area contributed by atoms with Crippen LogP contribution in [0.2, 0.25) is 0 Å². The number of ether oxygens (including phenoxy) is 2. The fourth-order valence-electron chi connectivity index (χ4n) is 4.74. The molecule has 0 aromatic carbocycles. The van der Waals surface area contributed by atoms with E-state index in [1.165, 1.54) is 15.9 Å². The number of carboxylic acid groups (broad SMARTS) is 1. The number of carbonyl (C=O) groups is 2. The van der Waals surface area contributed by atoms with Gasteiger partial charge >= 0.3 is 12.2 Å². The molecule has 0 spiro atoms. The molecule has 5 heterocycles. The van der Waals surface area contributed by atoms with Crippen LogP contribution in [-0.4, -0.2) is 93.1 Å². The highest BCUT2D eigenvalue weighted by molar-refractivity contribution is 7.22. The van der Waals surface area contributed by atoms with Crippen LogP contribution in [0.15, 0.2) is 30.5 Å². The first kappa shape index (κ1) is 26.1. The van der Waals surface area contributed by atoms with Gasteiger partial charge in [0.05, 0.1) is 34.1 Å². The van der Waals surface area contributed by atoms with Gasteiger partial charge in [0.1, 0.15) is 11.3 Å². The Kier molecular flexibility index (Phi) is 6.88. The maximum absolute atomic E-state index is 12.9. The Bertz CT molecular complexity index is 1490. The van der Waals surface area contributed by atoms with Crippen molar-refractivity contribution in [2.45, 2.75) is 39.3 Å². The summed E-state index contributed by atoms with van der Waals surface area (Å²) in [4.78, 5) is 34.3. The van der Waals surface area contributed by atoms with E-state index < -0.39 is 17.8 Å². The number of fused-ring (bicyclic) bond motifs is 2. The zero-order valence-electron chi connectivity index (χ0n) is 22.2. The molecule has 1 unspecified atom stereocenters. The van der Waals surface area contributed by atoms with Crippen LogP contribution in [0.5, 0.6) is 0 Å². The predicted molar refractivity (Wildman–Crippen MR) is 147 cm³/mol. The lowest BCUT2D eigenvalue weighted by molar-refractivity contribution is 0.0218. The van der Waals surface area contributed by atoms with E-state index in [9.17, 15) is 14.7 Å². The molecule has 38 heavy (non-hydrogen) atoms. The second-order valence-corrected chi connectivity index (χ2v) is 11.5. The Morgan fingerprint density at radius 1 is 1.26 bits per heavy atom. The van der Waals surface area contributed by atoms with Crippen LogP contribution in [0.25, 0.3) is 32.6 Å². The van der Waals surface area contributed by atoms with E-state index in [0.29, 0.717) is 34.0 Å². The van der Waals surface area contributed by atoms with Gasteiger partial charge in [-0.15, -0.1) is 16.0 Å². The normalized spacial score (nSPS) is 15.7. The van der Waals surface area contributed by atoms with Gasteiger partial charge in [0.25, 0.3) is 0 Å². The van der Waals surface area contributed by atoms with Gasteiger partial charge < -0.3 is 19.5 Å². The standard InChI is InChI=1S/C26H32N6O5S/c1-16(30-9-11-36-12-10-30)15-29(5)21-14-18-20(38-21)13-19(31(18)24(33)34)22-17-7-6-8-27-23(17)32(28-22)25(35)37-26(2,3)4/h6-8,13-14,16H,9-12,15H2,1-5H3,(H,33,34). The fraction of sp³-hybridized carbons (Fsp3) is 0.462. The summed E-state index contributed by atoms with van der Waals surface area (Å²) in [6.45, 7) is 11.6. The molecule has 5 rings (SSSR count). The molecular weight excluding hydrogens is 508 g/mol. The second-order valence-electron chi connectivity index (χ2n) is 10.5. The predicted octanol–water partition coefficient (Wildman–Crippen LogP) is 4.58. The molecule has 202 valence electrons. The molecule has 1 aliphatic rings. The van der Waals surface area contributed by atoms with E-state index >= 15 is 0 Å². The quantitative estimate of drug-likeness (QED) is 0.388. The first-order valence-corrected chi connectivity index (χ1v) is 13.3. The molecule has 1 saturated heterocycles. The number of likely N-dealkylation sites (N-methyl/N-ethyl adjacent to an activating group) is 1. The molecular formula is C26H32N6O5S. The van der Waals surface area contributed by atoms with Crippen molar-refractivity contribution in [2.75, 3.05) is 44.8 Å². The number of hydrogen-bond acceptors (Lipinski definition) is 9. The number of carbonyl (C=O) groups excluding carboxylic acids is 1. The molecule has 0 saturated carbocycles. The summed E-state index contributed by atoms with van der Waals surface area (Å²) in [5.41, 5.74) is 0.865. The van der Waals surface area contributed by atoms with Crippen molar-refractivity contribution in [2.24, 2.45) is 0 Å². The Morgan fingerprint density at radius 2 is 2.00 bits per heavy atom. The van der Waals surface area contributed by atoms with Crippen molar-refractivity contribution in [3.05, 3.63) is 30.5 Å². The molecule has 1 aliphatic heterocycles. The lowest BCUT2D eigenvalue weighted by Gasteiger charge is -2.34. The number of rotatable bonds is 5. The Labute approximate surface area is 224 Å². The molecule has 0 bridgehead atoms. The van der Waals surface area contributed by atoms with Crippen molar-refractivity contribution in [3.63, 3.8) is 0 Å². The minimum Gasteiger partial charge on any atom is -0.464 e. The lowest BCUT2D eigenvalue weighted by Crippen LogP contribution is -2.46. The van der Waals surface area contributed by atoms with Crippen LogP contribution in [0.1, 0.15) is 27.7 Å². The largest absolute Gasteiger partial charge is 0.464 e. The highest BCUT2D eigenvalue weighted by Gasteiger charge is 2.27. The third-order valence-corrected chi connectivity index (χ3v) is 7.69. The summed E-state index contributed by atoms with van der Waals surface area (Å²) in [5, 5.41) is 16.2. The Balaban J connectivity index is 1.51. The molecule has 4 aromatic rings. The van der Waals surface area contributed by atoms with Crippen molar-refractivity contribution in [3.8, 4) is 11.4 Å². The third-order valence-electron chi connectivity index (χ3n) is 6.50. The highest BCUT2D eigenvalue weighted by atomic mass is 32.1. The summed E-state index contributed by atoms with van der Waals surface area (Å²) in [7, 11) is 2.02.